The maximum atomic E-state index is 14.8. The van der Waals surface area contributed by atoms with Crippen LogP contribution in [0.25, 0.3) is 10.9 Å². The Labute approximate surface area is 205 Å². The van der Waals surface area contributed by atoms with E-state index in [0.717, 1.165) is 33.2 Å². The molecule has 3 heterocycles. The fraction of sp³-hybridized carbons (Fsp3) is 0.333. The predicted molar refractivity (Wildman–Crippen MR) is 145 cm³/mol. The van der Waals surface area contributed by atoms with Gasteiger partial charge in [-0.3, -0.25) is 9.98 Å². The van der Waals surface area contributed by atoms with E-state index in [0.29, 0.717) is 23.6 Å². The molecule has 9 heteroatoms. The van der Waals surface area contributed by atoms with Gasteiger partial charge in [-0.15, -0.1) is 0 Å². The van der Waals surface area contributed by atoms with Crippen LogP contribution in [0, 0.1) is 5.82 Å². The van der Waals surface area contributed by atoms with Crippen LogP contribution in [-0.4, -0.2) is 39.2 Å². The molecule has 2 atom stereocenters. The van der Waals surface area contributed by atoms with Crippen molar-refractivity contribution in [1.82, 2.24) is 9.97 Å². The normalized spacial score (nSPS) is 19.8. The lowest BCUT2D eigenvalue weighted by molar-refractivity contribution is 0.578. The average molecular weight is 534 g/mol. The van der Waals surface area contributed by atoms with Crippen molar-refractivity contribution in [3.63, 3.8) is 0 Å². The zero-order chi connectivity index (χ0) is 24.2. The molecule has 6 nitrogen and oxygen atoms in total. The van der Waals surface area contributed by atoms with Crippen molar-refractivity contribution in [3.05, 3.63) is 59.7 Å². The Morgan fingerprint density at radius 3 is 2.73 bits per heavy atom. The molecule has 0 fully saturated rings. The molecule has 0 spiro atoms. The zero-order valence-corrected chi connectivity index (χ0v) is 21.5. The van der Waals surface area contributed by atoms with Gasteiger partial charge in [0.1, 0.15) is 17.2 Å². The van der Waals surface area contributed by atoms with E-state index in [-0.39, 0.29) is 27.1 Å². The number of hydrogen-bond acceptors (Lipinski definition) is 6. The first-order chi connectivity index (χ1) is 15.8. The fourth-order valence-corrected chi connectivity index (χ4v) is 5.23. The molecule has 4 rings (SSSR count). The Morgan fingerprint density at radius 2 is 2.00 bits per heavy atom. The summed E-state index contributed by atoms with van der Waals surface area (Å²) in [6.45, 7) is 4.11. The number of rotatable bonds is 4. The summed E-state index contributed by atoms with van der Waals surface area (Å²) in [5.74, 6) is 5.99. The molecule has 0 radical (unpaired) electrons. The summed E-state index contributed by atoms with van der Waals surface area (Å²) in [6, 6.07) is 8.62. The van der Waals surface area contributed by atoms with Crippen LogP contribution in [0.5, 0.6) is 0 Å². The summed E-state index contributed by atoms with van der Waals surface area (Å²) < 4.78 is 14.5. The van der Waals surface area contributed by atoms with E-state index in [2.05, 4.69) is 67.7 Å². The number of nitrogens with zero attached hydrogens (tertiary/aromatic N) is 3. The zero-order valence-electron chi connectivity index (χ0n) is 19.1. The molecule has 2 unspecified atom stereocenters. The van der Waals surface area contributed by atoms with Crippen LogP contribution in [-0.2, 0) is 5.33 Å². The standard InChI is InChI=1S/C23H25BrFN5S.CH5N/c1-23(2)22(26)30-19(7-9-31(23)3)17-11-16(4-5-18(17)25)29-21-20-15(6-8-27-21)10-14(12-24)13-28-20;1-2/h4-6,8,10-11,13,19H,3,7,9,12H2,1-2H3,(H2,26,30)(H,27,29);2H2,1H3. The van der Waals surface area contributed by atoms with Crippen molar-refractivity contribution < 1.29 is 4.39 Å². The average Bonchev–Trinajstić information content (AvgIpc) is 2.92. The van der Waals surface area contributed by atoms with E-state index in [4.69, 9.17) is 5.73 Å². The Morgan fingerprint density at radius 1 is 1.24 bits per heavy atom. The minimum absolute atomic E-state index is 0.170. The van der Waals surface area contributed by atoms with Gasteiger partial charge in [-0.1, -0.05) is 21.8 Å². The Hall–Kier alpha value is -2.36. The fourth-order valence-electron chi connectivity index (χ4n) is 3.55. The van der Waals surface area contributed by atoms with Gasteiger partial charge in [0, 0.05) is 34.4 Å². The van der Waals surface area contributed by atoms with Crippen molar-refractivity contribution in [2.45, 2.75) is 36.4 Å². The van der Waals surface area contributed by atoms with Crippen molar-refractivity contribution >= 4 is 60.5 Å². The largest absolute Gasteiger partial charge is 0.386 e. The summed E-state index contributed by atoms with van der Waals surface area (Å²) in [7, 11) is 1.33. The van der Waals surface area contributed by atoms with Gasteiger partial charge in [0.2, 0.25) is 0 Å². The SMILES string of the molecule is C=S1CCC(c2cc(Nc3nccc4cc(CBr)cnc34)ccc2F)N=C(N)C1(C)C.CN. The van der Waals surface area contributed by atoms with Crippen molar-refractivity contribution in [1.29, 1.82) is 0 Å². The van der Waals surface area contributed by atoms with E-state index in [1.807, 2.05) is 12.3 Å². The molecule has 1 aromatic carbocycles. The van der Waals surface area contributed by atoms with Gasteiger partial charge in [0.05, 0.1) is 10.8 Å². The molecule has 0 saturated carbocycles. The molecule has 1 aliphatic heterocycles. The number of nitrogens with two attached hydrogens (primary N) is 2. The molecule has 0 saturated heterocycles. The second-order valence-electron chi connectivity index (χ2n) is 8.10. The van der Waals surface area contributed by atoms with E-state index in [9.17, 15) is 4.39 Å². The number of benzene rings is 1. The molecule has 0 amide bonds. The lowest BCUT2D eigenvalue weighted by atomic mass is 10.0. The van der Waals surface area contributed by atoms with Gasteiger partial charge in [-0.05, 0) is 69.0 Å². The molecule has 33 heavy (non-hydrogen) atoms. The smallest absolute Gasteiger partial charge is 0.156 e. The van der Waals surface area contributed by atoms with Crippen LogP contribution < -0.4 is 16.8 Å². The minimum atomic E-state index is -0.333. The summed E-state index contributed by atoms with van der Waals surface area (Å²) >= 11 is 3.46. The molecule has 1 aliphatic rings. The second kappa shape index (κ2) is 10.7. The number of fused-ring (bicyclic) bond motifs is 1. The lowest BCUT2D eigenvalue weighted by Crippen LogP contribution is -2.36. The van der Waals surface area contributed by atoms with Crippen molar-refractivity contribution in [2.24, 2.45) is 16.5 Å². The van der Waals surface area contributed by atoms with Gasteiger partial charge in [0.15, 0.2) is 5.82 Å². The number of aliphatic imine (C=N–C) groups is 1. The molecule has 0 aliphatic carbocycles. The van der Waals surface area contributed by atoms with Gasteiger partial charge in [-0.25, -0.2) is 9.37 Å². The van der Waals surface area contributed by atoms with Crippen LogP contribution in [0.15, 0.2) is 47.7 Å². The van der Waals surface area contributed by atoms with Crippen molar-refractivity contribution in [2.75, 3.05) is 18.1 Å². The van der Waals surface area contributed by atoms with Gasteiger partial charge < -0.3 is 16.8 Å². The van der Waals surface area contributed by atoms with Crippen LogP contribution in [0.4, 0.5) is 15.9 Å². The first-order valence-electron chi connectivity index (χ1n) is 10.6. The number of anilines is 2. The van der Waals surface area contributed by atoms with E-state index in [1.54, 1.807) is 18.3 Å². The highest BCUT2D eigenvalue weighted by Gasteiger charge is 2.31. The third-order valence-corrected chi connectivity index (χ3v) is 8.73. The highest BCUT2D eigenvalue weighted by Crippen LogP contribution is 2.39. The summed E-state index contributed by atoms with van der Waals surface area (Å²) in [4.78, 5) is 13.7. The van der Waals surface area contributed by atoms with Gasteiger partial charge in [0.25, 0.3) is 0 Å². The maximum absolute atomic E-state index is 14.8. The highest BCUT2D eigenvalue weighted by molar-refractivity contribution is 9.08. The number of halogens is 2. The quantitative estimate of drug-likeness (QED) is 0.314. The predicted octanol–water partition coefficient (Wildman–Crippen LogP) is 5.26. The number of pyridine rings is 2. The molecular formula is C24H30BrFN6S. The van der Waals surface area contributed by atoms with Gasteiger partial charge >= 0.3 is 0 Å². The number of hydrogen-bond donors (Lipinski definition) is 3. The minimum Gasteiger partial charge on any atom is -0.386 e. The topological polar surface area (TPSA) is 102 Å². The number of amidine groups is 1. The van der Waals surface area contributed by atoms with Gasteiger partial charge in [-0.2, -0.15) is 10.5 Å². The summed E-state index contributed by atoms with van der Waals surface area (Å²) in [5, 5.41) is 5.02. The molecule has 3 aromatic rings. The molecule has 0 bridgehead atoms. The van der Waals surface area contributed by atoms with E-state index in [1.165, 1.54) is 13.1 Å². The molecule has 5 N–H and O–H groups in total. The maximum Gasteiger partial charge on any atom is 0.156 e. The molecule has 2 aromatic heterocycles. The van der Waals surface area contributed by atoms with Crippen LogP contribution in [0.3, 0.4) is 0 Å². The van der Waals surface area contributed by atoms with Crippen molar-refractivity contribution in [3.8, 4) is 0 Å². The van der Waals surface area contributed by atoms with E-state index >= 15 is 0 Å². The third-order valence-electron chi connectivity index (χ3n) is 5.70. The van der Waals surface area contributed by atoms with Crippen LogP contribution >= 0.6 is 26.4 Å². The Bertz CT molecular complexity index is 1200. The first-order valence-corrected chi connectivity index (χ1v) is 13.3. The lowest BCUT2D eigenvalue weighted by Gasteiger charge is -2.25. The first kappa shape index (κ1) is 25.3. The highest BCUT2D eigenvalue weighted by atomic mass is 79.9. The molecule has 176 valence electrons. The monoisotopic (exact) mass is 532 g/mol. The van der Waals surface area contributed by atoms with Crippen LogP contribution in [0.2, 0.25) is 0 Å². The summed E-state index contributed by atoms with van der Waals surface area (Å²) in [6.07, 6.45) is 4.27. The second-order valence-corrected chi connectivity index (χ2v) is 11.1. The van der Waals surface area contributed by atoms with Crippen LogP contribution in [0.1, 0.15) is 37.4 Å². The number of alkyl halides is 1. The number of nitrogens with one attached hydrogen (secondary N) is 1. The third kappa shape index (κ3) is 5.42. The Kier molecular flexibility index (Phi) is 8.20. The number of aromatic nitrogens is 2. The summed E-state index contributed by atoms with van der Waals surface area (Å²) in [5.41, 5.74) is 13.9. The van der Waals surface area contributed by atoms with E-state index < -0.39 is 0 Å². The Balaban J connectivity index is 0.00000149. The molecular weight excluding hydrogens is 503 g/mol.